The van der Waals surface area contributed by atoms with Crippen LogP contribution in [0, 0.1) is 5.41 Å². The first kappa shape index (κ1) is 13.8. The molecule has 0 aliphatic heterocycles. The van der Waals surface area contributed by atoms with Gasteiger partial charge in [0, 0.05) is 19.8 Å². The molecule has 4 heteroatoms. The second kappa shape index (κ2) is 6.04. The van der Waals surface area contributed by atoms with Crippen LogP contribution in [0.1, 0.15) is 49.4 Å². The summed E-state index contributed by atoms with van der Waals surface area (Å²) in [6.07, 6.45) is 9.64. The monoisotopic (exact) mass is 261 g/mol. The smallest absolute Gasteiger partial charge is 0.253 e. The van der Waals surface area contributed by atoms with E-state index in [0.29, 0.717) is 5.56 Å². The summed E-state index contributed by atoms with van der Waals surface area (Å²) >= 11 is 0. The molecule has 0 spiro atoms. The molecule has 1 saturated carbocycles. The molecule has 2 rings (SSSR count). The molecule has 0 atom stereocenters. The first-order chi connectivity index (χ1) is 9.14. The average Bonchev–Trinajstić information content (AvgIpc) is 2.45. The van der Waals surface area contributed by atoms with E-state index in [1.807, 2.05) is 0 Å². The summed E-state index contributed by atoms with van der Waals surface area (Å²) in [6.45, 7) is 3.04. The Kier molecular flexibility index (Phi) is 4.40. The lowest BCUT2D eigenvalue weighted by Crippen LogP contribution is -2.37. The van der Waals surface area contributed by atoms with Crippen molar-refractivity contribution in [3.8, 4) is 0 Å². The molecule has 1 heterocycles. The fourth-order valence-electron chi connectivity index (χ4n) is 2.76. The molecule has 1 aromatic rings. The molecule has 0 unspecified atom stereocenters. The molecule has 1 aromatic heterocycles. The summed E-state index contributed by atoms with van der Waals surface area (Å²) in [5.41, 5.74) is 1.70. The summed E-state index contributed by atoms with van der Waals surface area (Å²) in [4.78, 5) is 16.3. The van der Waals surface area contributed by atoms with Gasteiger partial charge in [0.25, 0.3) is 5.91 Å². The number of carbonyl (C=O) groups is 1. The van der Waals surface area contributed by atoms with Gasteiger partial charge in [-0.05, 0) is 24.3 Å². The molecule has 4 nitrogen and oxygen atoms in total. The van der Waals surface area contributed by atoms with E-state index in [1.54, 1.807) is 25.5 Å². The Labute approximate surface area is 115 Å². The maximum atomic E-state index is 12.2. The lowest BCUT2D eigenvalue weighted by molar-refractivity contribution is 0.0920. The van der Waals surface area contributed by atoms with Crippen LogP contribution in [-0.4, -0.2) is 24.5 Å². The summed E-state index contributed by atoms with van der Waals surface area (Å²) in [7, 11) is 1.80. The number of anilines is 1. The highest BCUT2D eigenvalue weighted by molar-refractivity contribution is 5.99. The van der Waals surface area contributed by atoms with Gasteiger partial charge >= 0.3 is 0 Å². The molecule has 1 fully saturated rings. The van der Waals surface area contributed by atoms with Gasteiger partial charge in [-0.25, -0.2) is 0 Å². The number of aromatic nitrogens is 1. The predicted octanol–water partition coefficient (Wildman–Crippen LogP) is 2.82. The molecule has 0 saturated heterocycles. The maximum absolute atomic E-state index is 12.2. The Hall–Kier alpha value is -1.58. The van der Waals surface area contributed by atoms with Gasteiger partial charge in [-0.2, -0.15) is 0 Å². The van der Waals surface area contributed by atoms with Crippen LogP contribution in [0.5, 0.6) is 0 Å². The summed E-state index contributed by atoms with van der Waals surface area (Å²) in [5, 5.41) is 6.08. The highest BCUT2D eigenvalue weighted by atomic mass is 16.1. The predicted molar refractivity (Wildman–Crippen MR) is 77.3 cm³/mol. The number of carbonyl (C=O) groups excluding carboxylic acids is 1. The molecule has 0 aromatic carbocycles. The minimum absolute atomic E-state index is 0.0152. The number of nitrogens with one attached hydrogen (secondary N) is 2. The van der Waals surface area contributed by atoms with E-state index < -0.39 is 0 Å². The van der Waals surface area contributed by atoms with Crippen molar-refractivity contribution >= 4 is 11.6 Å². The largest absolute Gasteiger partial charge is 0.386 e. The van der Waals surface area contributed by atoms with Crippen LogP contribution in [0.25, 0.3) is 0 Å². The van der Waals surface area contributed by atoms with Gasteiger partial charge in [-0.1, -0.05) is 26.2 Å². The van der Waals surface area contributed by atoms with E-state index in [0.717, 1.165) is 12.2 Å². The van der Waals surface area contributed by atoms with Crippen molar-refractivity contribution in [3.05, 3.63) is 24.0 Å². The third kappa shape index (κ3) is 3.46. The molecule has 0 radical (unpaired) electrons. The van der Waals surface area contributed by atoms with Crippen LogP contribution < -0.4 is 10.6 Å². The highest BCUT2D eigenvalue weighted by Gasteiger charge is 2.27. The van der Waals surface area contributed by atoms with E-state index in [4.69, 9.17) is 0 Å². The van der Waals surface area contributed by atoms with Crippen LogP contribution in [-0.2, 0) is 0 Å². The lowest BCUT2D eigenvalue weighted by atomic mass is 9.76. The normalized spacial score (nSPS) is 17.8. The standard InChI is InChI=1S/C15H23N3O/c1-15(7-4-3-5-8-15)11-18-14(19)12-6-9-17-10-13(12)16-2/h6,9-10,16H,3-5,7-8,11H2,1-2H3,(H,18,19). The van der Waals surface area contributed by atoms with E-state index in [1.165, 1.54) is 32.1 Å². The van der Waals surface area contributed by atoms with Gasteiger partial charge < -0.3 is 10.6 Å². The minimum atomic E-state index is -0.0152. The number of amides is 1. The van der Waals surface area contributed by atoms with Gasteiger partial charge in [-0.3, -0.25) is 9.78 Å². The highest BCUT2D eigenvalue weighted by Crippen LogP contribution is 2.35. The number of pyridine rings is 1. The van der Waals surface area contributed by atoms with E-state index in [-0.39, 0.29) is 11.3 Å². The molecule has 1 amide bonds. The van der Waals surface area contributed by atoms with Crippen LogP contribution in [0.15, 0.2) is 18.5 Å². The maximum Gasteiger partial charge on any atom is 0.253 e. The molecule has 1 aliphatic carbocycles. The molecule has 19 heavy (non-hydrogen) atoms. The first-order valence-electron chi connectivity index (χ1n) is 7.05. The topological polar surface area (TPSA) is 54.0 Å². The van der Waals surface area contributed by atoms with Crippen molar-refractivity contribution in [1.29, 1.82) is 0 Å². The van der Waals surface area contributed by atoms with E-state index in [9.17, 15) is 4.79 Å². The van der Waals surface area contributed by atoms with E-state index in [2.05, 4.69) is 22.5 Å². The van der Waals surface area contributed by atoms with Gasteiger partial charge in [0.05, 0.1) is 17.4 Å². The Bertz CT molecular complexity index is 439. The van der Waals surface area contributed by atoms with Crippen LogP contribution >= 0.6 is 0 Å². The number of hydrogen-bond donors (Lipinski definition) is 2. The van der Waals surface area contributed by atoms with Crippen molar-refractivity contribution < 1.29 is 4.79 Å². The fourth-order valence-corrected chi connectivity index (χ4v) is 2.76. The van der Waals surface area contributed by atoms with Gasteiger partial charge in [0.15, 0.2) is 0 Å². The Balaban J connectivity index is 1.97. The van der Waals surface area contributed by atoms with Crippen LogP contribution in [0.2, 0.25) is 0 Å². The molecule has 0 bridgehead atoms. The van der Waals surface area contributed by atoms with Crippen molar-refractivity contribution in [1.82, 2.24) is 10.3 Å². The van der Waals surface area contributed by atoms with Crippen LogP contribution in [0.4, 0.5) is 5.69 Å². The van der Waals surface area contributed by atoms with Gasteiger partial charge in [0.1, 0.15) is 0 Å². The summed E-state index contributed by atoms with van der Waals surface area (Å²) in [6, 6.07) is 1.75. The zero-order valence-electron chi connectivity index (χ0n) is 11.8. The second-order valence-corrected chi connectivity index (χ2v) is 5.73. The van der Waals surface area contributed by atoms with Crippen LogP contribution in [0.3, 0.4) is 0 Å². The van der Waals surface area contributed by atoms with Gasteiger partial charge in [0.2, 0.25) is 0 Å². The quantitative estimate of drug-likeness (QED) is 0.876. The SMILES string of the molecule is CNc1cnccc1C(=O)NCC1(C)CCCCC1. The van der Waals surface area contributed by atoms with Crippen molar-refractivity contribution in [2.24, 2.45) is 5.41 Å². The first-order valence-corrected chi connectivity index (χ1v) is 7.05. The van der Waals surface area contributed by atoms with E-state index >= 15 is 0 Å². The summed E-state index contributed by atoms with van der Waals surface area (Å²) < 4.78 is 0. The zero-order valence-corrected chi connectivity index (χ0v) is 11.8. The Morgan fingerprint density at radius 3 is 2.79 bits per heavy atom. The average molecular weight is 261 g/mol. The Morgan fingerprint density at radius 1 is 1.37 bits per heavy atom. The summed E-state index contributed by atoms with van der Waals surface area (Å²) in [5.74, 6) is -0.0152. The number of rotatable bonds is 4. The molecule has 2 N–H and O–H groups in total. The van der Waals surface area contributed by atoms with Crippen molar-refractivity contribution in [2.75, 3.05) is 18.9 Å². The molecular formula is C15H23N3O. The van der Waals surface area contributed by atoms with Crippen molar-refractivity contribution in [2.45, 2.75) is 39.0 Å². The Morgan fingerprint density at radius 2 is 2.11 bits per heavy atom. The second-order valence-electron chi connectivity index (χ2n) is 5.73. The molecule has 1 aliphatic rings. The molecular weight excluding hydrogens is 238 g/mol. The zero-order chi connectivity index (χ0) is 13.7. The lowest BCUT2D eigenvalue weighted by Gasteiger charge is -2.33. The number of nitrogens with zero attached hydrogens (tertiary/aromatic N) is 1. The third-order valence-electron chi connectivity index (χ3n) is 4.07. The fraction of sp³-hybridized carbons (Fsp3) is 0.600. The molecule has 104 valence electrons. The third-order valence-corrected chi connectivity index (χ3v) is 4.07. The minimum Gasteiger partial charge on any atom is -0.386 e. The number of hydrogen-bond acceptors (Lipinski definition) is 3. The van der Waals surface area contributed by atoms with Crippen molar-refractivity contribution in [3.63, 3.8) is 0 Å². The van der Waals surface area contributed by atoms with Gasteiger partial charge in [-0.15, -0.1) is 0 Å².